The van der Waals surface area contributed by atoms with E-state index >= 15 is 0 Å². The SMILES string of the molecule is CCc1cc(Br)ccc1NC(=O)N(CC(N)=O)CC(=O)O. The van der Waals surface area contributed by atoms with Crippen molar-refractivity contribution in [2.45, 2.75) is 13.3 Å². The molecule has 114 valence electrons. The van der Waals surface area contributed by atoms with Gasteiger partial charge in [0.1, 0.15) is 13.1 Å². The van der Waals surface area contributed by atoms with Crippen LogP contribution < -0.4 is 11.1 Å². The molecule has 0 aliphatic rings. The molecule has 8 heteroatoms. The third-order valence-electron chi connectivity index (χ3n) is 2.65. The van der Waals surface area contributed by atoms with Crippen LogP contribution in [0.1, 0.15) is 12.5 Å². The molecule has 7 nitrogen and oxygen atoms in total. The third kappa shape index (κ3) is 5.42. The monoisotopic (exact) mass is 357 g/mol. The van der Waals surface area contributed by atoms with Gasteiger partial charge in [-0.15, -0.1) is 0 Å². The number of nitrogens with two attached hydrogens (primary N) is 1. The van der Waals surface area contributed by atoms with Crippen LogP contribution in [0.25, 0.3) is 0 Å². The summed E-state index contributed by atoms with van der Waals surface area (Å²) in [6, 6.07) is 4.62. The molecular formula is C13H16BrN3O4. The molecule has 0 saturated carbocycles. The minimum atomic E-state index is -1.22. The smallest absolute Gasteiger partial charge is 0.323 e. The average Bonchev–Trinajstić information content (AvgIpc) is 2.38. The van der Waals surface area contributed by atoms with Crippen LogP contribution in [0.2, 0.25) is 0 Å². The molecule has 0 spiro atoms. The summed E-state index contributed by atoms with van der Waals surface area (Å²) in [6.45, 7) is 0.860. The summed E-state index contributed by atoms with van der Waals surface area (Å²) in [6.07, 6.45) is 0.684. The maximum absolute atomic E-state index is 12.1. The molecule has 21 heavy (non-hydrogen) atoms. The van der Waals surface area contributed by atoms with Crippen molar-refractivity contribution in [1.29, 1.82) is 0 Å². The Kier molecular flexibility index (Phi) is 6.16. The third-order valence-corrected chi connectivity index (χ3v) is 3.14. The van der Waals surface area contributed by atoms with Gasteiger partial charge in [-0.3, -0.25) is 9.59 Å². The molecule has 0 aromatic heterocycles. The number of carboxylic acids is 1. The Bertz CT molecular complexity index is 546. The minimum Gasteiger partial charge on any atom is -0.480 e. The number of carboxylic acid groups (broad SMARTS) is 1. The number of aliphatic carboxylic acids is 1. The van der Waals surface area contributed by atoms with Gasteiger partial charge < -0.3 is 21.1 Å². The zero-order valence-corrected chi connectivity index (χ0v) is 13.0. The number of primary amides is 1. The number of halogens is 1. The highest BCUT2D eigenvalue weighted by Gasteiger charge is 2.19. The van der Waals surface area contributed by atoms with Crippen molar-refractivity contribution in [3.8, 4) is 0 Å². The van der Waals surface area contributed by atoms with Crippen molar-refractivity contribution in [3.05, 3.63) is 28.2 Å². The summed E-state index contributed by atoms with van der Waals surface area (Å²) in [7, 11) is 0. The van der Waals surface area contributed by atoms with E-state index in [4.69, 9.17) is 10.8 Å². The molecule has 1 rings (SSSR count). The van der Waals surface area contributed by atoms with E-state index in [0.29, 0.717) is 12.1 Å². The van der Waals surface area contributed by atoms with E-state index in [2.05, 4.69) is 21.2 Å². The van der Waals surface area contributed by atoms with Crippen molar-refractivity contribution in [3.63, 3.8) is 0 Å². The van der Waals surface area contributed by atoms with Crippen LogP contribution in [0, 0.1) is 0 Å². The van der Waals surface area contributed by atoms with Crippen LogP contribution >= 0.6 is 15.9 Å². The molecule has 0 heterocycles. The first-order chi connectivity index (χ1) is 9.83. The molecule has 0 atom stereocenters. The second-order valence-electron chi connectivity index (χ2n) is 4.30. The first-order valence-corrected chi connectivity index (χ1v) is 6.97. The zero-order chi connectivity index (χ0) is 16.0. The second-order valence-corrected chi connectivity index (χ2v) is 5.22. The highest BCUT2D eigenvalue weighted by atomic mass is 79.9. The number of benzene rings is 1. The predicted molar refractivity (Wildman–Crippen MR) is 80.9 cm³/mol. The van der Waals surface area contributed by atoms with Crippen molar-refractivity contribution < 1.29 is 19.5 Å². The van der Waals surface area contributed by atoms with Crippen molar-refractivity contribution in [1.82, 2.24) is 4.90 Å². The van der Waals surface area contributed by atoms with E-state index in [0.717, 1.165) is 14.9 Å². The Morgan fingerprint density at radius 2 is 2.00 bits per heavy atom. The number of urea groups is 1. The fourth-order valence-electron chi connectivity index (χ4n) is 1.72. The lowest BCUT2D eigenvalue weighted by Crippen LogP contribution is -2.43. The molecule has 0 unspecified atom stereocenters. The van der Waals surface area contributed by atoms with Crippen LogP contribution in [-0.2, 0) is 16.0 Å². The lowest BCUT2D eigenvalue weighted by molar-refractivity contribution is -0.137. The van der Waals surface area contributed by atoms with Gasteiger partial charge in [0.2, 0.25) is 5.91 Å². The van der Waals surface area contributed by atoms with E-state index in [1.54, 1.807) is 12.1 Å². The van der Waals surface area contributed by atoms with Crippen LogP contribution in [0.4, 0.5) is 10.5 Å². The normalized spacial score (nSPS) is 10.0. The minimum absolute atomic E-state index is 0.462. The fraction of sp³-hybridized carbons (Fsp3) is 0.308. The first-order valence-electron chi connectivity index (χ1n) is 6.18. The summed E-state index contributed by atoms with van der Waals surface area (Å²) >= 11 is 3.34. The van der Waals surface area contributed by atoms with Crippen LogP contribution in [0.3, 0.4) is 0 Å². The summed E-state index contributed by atoms with van der Waals surface area (Å²) < 4.78 is 0.872. The van der Waals surface area contributed by atoms with Crippen molar-refractivity contribution in [2.75, 3.05) is 18.4 Å². The molecule has 1 aromatic rings. The van der Waals surface area contributed by atoms with E-state index in [9.17, 15) is 14.4 Å². The fourth-order valence-corrected chi connectivity index (χ4v) is 2.13. The number of rotatable bonds is 6. The molecule has 3 amide bonds. The van der Waals surface area contributed by atoms with Gasteiger partial charge in [0.25, 0.3) is 0 Å². The summed E-state index contributed by atoms with van der Waals surface area (Å²) in [5, 5.41) is 11.4. The molecule has 0 aliphatic heterocycles. The number of hydrogen-bond donors (Lipinski definition) is 3. The number of nitrogens with one attached hydrogen (secondary N) is 1. The number of aryl methyl sites for hydroxylation is 1. The maximum atomic E-state index is 12.1. The average molecular weight is 358 g/mol. The summed E-state index contributed by atoms with van der Waals surface area (Å²) in [5.41, 5.74) is 6.46. The highest BCUT2D eigenvalue weighted by Crippen LogP contribution is 2.21. The number of nitrogens with zero attached hydrogens (tertiary/aromatic N) is 1. The number of carbonyl (C=O) groups is 3. The largest absolute Gasteiger partial charge is 0.480 e. The molecule has 0 fully saturated rings. The Hall–Kier alpha value is -2.09. The molecule has 0 bridgehead atoms. The van der Waals surface area contributed by atoms with Gasteiger partial charge in [-0.25, -0.2) is 4.79 Å². The van der Waals surface area contributed by atoms with Gasteiger partial charge in [0.15, 0.2) is 0 Å². The molecule has 0 aliphatic carbocycles. The van der Waals surface area contributed by atoms with E-state index < -0.39 is 31.0 Å². The van der Waals surface area contributed by atoms with Crippen molar-refractivity contribution >= 4 is 39.5 Å². The summed E-state index contributed by atoms with van der Waals surface area (Å²) in [5.74, 6) is -2.00. The lowest BCUT2D eigenvalue weighted by atomic mass is 10.1. The first kappa shape index (κ1) is 17.0. The number of carbonyl (C=O) groups excluding carboxylic acids is 2. The Morgan fingerprint density at radius 1 is 1.33 bits per heavy atom. The van der Waals surface area contributed by atoms with Crippen molar-refractivity contribution in [2.24, 2.45) is 5.73 Å². The lowest BCUT2D eigenvalue weighted by Gasteiger charge is -2.20. The summed E-state index contributed by atoms with van der Waals surface area (Å²) in [4.78, 5) is 34.6. The van der Waals surface area contributed by atoms with E-state index in [-0.39, 0.29) is 0 Å². The second kappa shape index (κ2) is 7.63. The Morgan fingerprint density at radius 3 is 2.52 bits per heavy atom. The van der Waals surface area contributed by atoms with Crippen LogP contribution in [-0.4, -0.2) is 41.0 Å². The van der Waals surface area contributed by atoms with Crippen LogP contribution in [0.15, 0.2) is 22.7 Å². The number of anilines is 1. The molecule has 0 radical (unpaired) electrons. The molecule has 1 aromatic carbocycles. The Balaban J connectivity index is 2.90. The zero-order valence-electron chi connectivity index (χ0n) is 11.4. The molecule has 0 saturated heterocycles. The molecule has 4 N–H and O–H groups in total. The van der Waals surface area contributed by atoms with Gasteiger partial charge in [-0.2, -0.15) is 0 Å². The quantitative estimate of drug-likeness (QED) is 0.714. The van der Waals surface area contributed by atoms with Gasteiger partial charge in [0, 0.05) is 10.2 Å². The maximum Gasteiger partial charge on any atom is 0.323 e. The number of hydrogen-bond acceptors (Lipinski definition) is 3. The predicted octanol–water partition coefficient (Wildman–Crippen LogP) is 1.42. The van der Waals surface area contributed by atoms with Crippen LogP contribution in [0.5, 0.6) is 0 Å². The highest BCUT2D eigenvalue weighted by molar-refractivity contribution is 9.10. The van der Waals surface area contributed by atoms with Gasteiger partial charge in [-0.05, 0) is 30.2 Å². The standard InChI is InChI=1S/C13H16BrN3O4/c1-2-8-5-9(14)3-4-10(8)16-13(21)17(6-11(15)18)7-12(19)20/h3-5H,2,6-7H2,1H3,(H2,15,18)(H,16,21)(H,19,20). The molecular weight excluding hydrogens is 342 g/mol. The van der Waals surface area contributed by atoms with E-state index in [1.165, 1.54) is 0 Å². The van der Waals surface area contributed by atoms with Gasteiger partial charge in [-0.1, -0.05) is 22.9 Å². The van der Waals surface area contributed by atoms with Gasteiger partial charge >= 0.3 is 12.0 Å². The van der Waals surface area contributed by atoms with Gasteiger partial charge in [0.05, 0.1) is 0 Å². The Labute approximate surface area is 130 Å². The van der Waals surface area contributed by atoms with E-state index in [1.807, 2.05) is 13.0 Å². The number of amides is 3. The topological polar surface area (TPSA) is 113 Å².